The molecule has 2 rings (SSSR count). The number of nitro groups is 1. The first-order chi connectivity index (χ1) is 12.4. The summed E-state index contributed by atoms with van der Waals surface area (Å²) in [7, 11) is 0. The number of carbonyl (C=O) groups is 1. The van der Waals surface area contributed by atoms with E-state index in [0.717, 1.165) is 17.1 Å². The Balaban J connectivity index is 2.24. The number of rotatable bonds is 7. The molecular weight excluding hydrogens is 350 g/mol. The fourth-order valence-electron chi connectivity index (χ4n) is 2.76. The second-order valence-corrected chi connectivity index (χ2v) is 6.90. The van der Waals surface area contributed by atoms with Crippen molar-refractivity contribution in [2.24, 2.45) is 0 Å². The Bertz CT molecular complexity index is 791. The van der Waals surface area contributed by atoms with Crippen molar-refractivity contribution in [3.8, 4) is 0 Å². The zero-order chi connectivity index (χ0) is 19.3. The highest BCUT2D eigenvalue weighted by Gasteiger charge is 2.21. The van der Waals surface area contributed by atoms with E-state index in [2.05, 4.69) is 31.0 Å². The molecule has 0 radical (unpaired) electrons. The van der Waals surface area contributed by atoms with Crippen molar-refractivity contribution in [2.75, 3.05) is 23.0 Å². The lowest BCUT2D eigenvalue weighted by Crippen LogP contribution is -2.30. The maximum Gasteiger partial charge on any atom is 0.282 e. The smallest absolute Gasteiger partial charge is 0.282 e. The summed E-state index contributed by atoms with van der Waals surface area (Å²) in [4.78, 5) is 26.3. The molecule has 1 amide bonds. The summed E-state index contributed by atoms with van der Waals surface area (Å²) in [5.41, 5.74) is 1.52. The molecule has 0 aliphatic rings. The minimum absolute atomic E-state index is 0.0586. The second kappa shape index (κ2) is 8.71. The van der Waals surface area contributed by atoms with Gasteiger partial charge in [0.2, 0.25) is 0 Å². The van der Waals surface area contributed by atoms with Crippen LogP contribution >= 0.6 is 11.8 Å². The molecule has 0 heterocycles. The number of anilines is 2. The Morgan fingerprint density at radius 2 is 1.88 bits per heavy atom. The van der Waals surface area contributed by atoms with Gasteiger partial charge in [0.1, 0.15) is 5.56 Å². The van der Waals surface area contributed by atoms with Crippen LogP contribution < -0.4 is 10.2 Å². The minimum atomic E-state index is -0.538. The van der Waals surface area contributed by atoms with Crippen molar-refractivity contribution in [3.05, 3.63) is 58.1 Å². The summed E-state index contributed by atoms with van der Waals surface area (Å²) in [6, 6.07) is 12.4. The number of amides is 1. The Hall–Kier alpha value is -2.54. The van der Waals surface area contributed by atoms with Gasteiger partial charge in [-0.1, -0.05) is 0 Å². The van der Waals surface area contributed by atoms with Gasteiger partial charge in [0.15, 0.2) is 0 Å². The largest absolute Gasteiger partial charge is 0.369 e. The molecule has 0 aromatic heterocycles. The molecular formula is C19H23N3O3S. The number of nitrogens with one attached hydrogen (secondary N) is 1. The molecule has 0 spiro atoms. The van der Waals surface area contributed by atoms with Crippen LogP contribution in [0.1, 0.15) is 31.1 Å². The molecule has 0 saturated heterocycles. The van der Waals surface area contributed by atoms with E-state index in [4.69, 9.17) is 0 Å². The zero-order valence-electron chi connectivity index (χ0n) is 15.4. The van der Waals surface area contributed by atoms with Gasteiger partial charge in [0.25, 0.3) is 11.6 Å². The lowest BCUT2D eigenvalue weighted by Gasteiger charge is -2.27. The van der Waals surface area contributed by atoms with Gasteiger partial charge in [-0.3, -0.25) is 14.9 Å². The van der Waals surface area contributed by atoms with E-state index in [-0.39, 0.29) is 11.3 Å². The molecule has 6 nitrogen and oxygen atoms in total. The molecule has 0 unspecified atom stereocenters. The summed E-state index contributed by atoms with van der Waals surface area (Å²) >= 11 is 1.43. The highest BCUT2D eigenvalue weighted by Crippen LogP contribution is 2.26. The molecule has 0 saturated carbocycles. The molecule has 138 valence electrons. The van der Waals surface area contributed by atoms with Crippen LogP contribution in [0.2, 0.25) is 0 Å². The number of hydrogen-bond donors (Lipinski definition) is 1. The first kappa shape index (κ1) is 19.8. The fraction of sp³-hybridized carbons (Fsp3) is 0.316. The number of thioether (sulfide) groups is 1. The predicted octanol–water partition coefficient (Wildman–Crippen LogP) is 4.80. The summed E-state index contributed by atoms with van der Waals surface area (Å²) in [6.45, 7) is 7.22. The van der Waals surface area contributed by atoms with Crippen LogP contribution in [0.5, 0.6) is 0 Å². The molecule has 0 atom stereocenters. The molecule has 0 aliphatic heterocycles. The highest BCUT2D eigenvalue weighted by atomic mass is 32.2. The highest BCUT2D eigenvalue weighted by molar-refractivity contribution is 7.98. The Morgan fingerprint density at radius 1 is 1.23 bits per heavy atom. The van der Waals surface area contributed by atoms with Crippen molar-refractivity contribution < 1.29 is 9.72 Å². The van der Waals surface area contributed by atoms with E-state index in [9.17, 15) is 14.9 Å². The van der Waals surface area contributed by atoms with E-state index in [1.165, 1.54) is 17.8 Å². The Morgan fingerprint density at radius 3 is 2.38 bits per heavy atom. The van der Waals surface area contributed by atoms with Gasteiger partial charge in [-0.05, 0) is 63.4 Å². The SMILES string of the molecule is CCN(c1ccc(NC(=O)c2cc(SC)ccc2[N+](=O)[O-])cc1)C(C)C. The van der Waals surface area contributed by atoms with Crippen molar-refractivity contribution in [1.29, 1.82) is 0 Å². The van der Waals surface area contributed by atoms with Gasteiger partial charge in [-0.25, -0.2) is 0 Å². The van der Waals surface area contributed by atoms with Gasteiger partial charge in [-0.2, -0.15) is 0 Å². The average Bonchev–Trinajstić information content (AvgIpc) is 2.62. The molecule has 0 fully saturated rings. The maximum absolute atomic E-state index is 12.6. The summed E-state index contributed by atoms with van der Waals surface area (Å²) in [6.07, 6.45) is 1.86. The Labute approximate surface area is 157 Å². The summed E-state index contributed by atoms with van der Waals surface area (Å²) in [5, 5.41) is 14.0. The molecule has 2 aromatic rings. The normalized spacial score (nSPS) is 10.7. The van der Waals surface area contributed by atoms with Gasteiger partial charge in [0, 0.05) is 34.9 Å². The van der Waals surface area contributed by atoms with Gasteiger partial charge in [0.05, 0.1) is 4.92 Å². The molecule has 2 aromatic carbocycles. The van der Waals surface area contributed by atoms with Crippen LogP contribution in [0.15, 0.2) is 47.4 Å². The monoisotopic (exact) mass is 373 g/mol. The standard InChI is InChI=1S/C19H23N3O3S/c1-5-21(13(2)3)15-8-6-14(7-9-15)20-19(23)17-12-16(26-4)10-11-18(17)22(24)25/h6-13H,5H2,1-4H3,(H,20,23). The fourth-order valence-corrected chi connectivity index (χ4v) is 3.20. The van der Waals surface area contributed by atoms with E-state index >= 15 is 0 Å². The van der Waals surface area contributed by atoms with E-state index in [1.807, 2.05) is 30.5 Å². The first-order valence-electron chi connectivity index (χ1n) is 8.37. The number of hydrogen-bond acceptors (Lipinski definition) is 5. The summed E-state index contributed by atoms with van der Waals surface area (Å²) < 4.78 is 0. The molecule has 0 aliphatic carbocycles. The minimum Gasteiger partial charge on any atom is -0.369 e. The third kappa shape index (κ3) is 4.54. The van der Waals surface area contributed by atoms with Crippen LogP contribution in [0.4, 0.5) is 17.1 Å². The second-order valence-electron chi connectivity index (χ2n) is 6.02. The molecule has 7 heteroatoms. The zero-order valence-corrected chi connectivity index (χ0v) is 16.2. The van der Waals surface area contributed by atoms with Crippen molar-refractivity contribution >= 4 is 34.7 Å². The van der Waals surface area contributed by atoms with Gasteiger partial charge < -0.3 is 10.2 Å². The number of benzene rings is 2. The number of carbonyl (C=O) groups excluding carboxylic acids is 1. The topological polar surface area (TPSA) is 75.5 Å². The van der Waals surface area contributed by atoms with E-state index in [1.54, 1.807) is 12.1 Å². The van der Waals surface area contributed by atoms with Crippen molar-refractivity contribution in [2.45, 2.75) is 31.7 Å². The van der Waals surface area contributed by atoms with E-state index < -0.39 is 10.8 Å². The van der Waals surface area contributed by atoms with Crippen LogP contribution in [0, 0.1) is 10.1 Å². The number of nitro benzene ring substituents is 1. The average molecular weight is 373 g/mol. The van der Waals surface area contributed by atoms with Gasteiger partial charge >= 0.3 is 0 Å². The van der Waals surface area contributed by atoms with Crippen LogP contribution in [-0.4, -0.2) is 29.7 Å². The van der Waals surface area contributed by atoms with Crippen LogP contribution in [0.25, 0.3) is 0 Å². The molecule has 0 bridgehead atoms. The first-order valence-corrected chi connectivity index (χ1v) is 9.60. The maximum atomic E-state index is 12.6. The van der Waals surface area contributed by atoms with E-state index in [0.29, 0.717) is 11.7 Å². The van der Waals surface area contributed by atoms with Crippen LogP contribution in [-0.2, 0) is 0 Å². The molecule has 1 N–H and O–H groups in total. The predicted molar refractivity (Wildman–Crippen MR) is 107 cm³/mol. The lowest BCUT2D eigenvalue weighted by atomic mass is 10.1. The number of nitrogens with zero attached hydrogens (tertiary/aromatic N) is 2. The summed E-state index contributed by atoms with van der Waals surface area (Å²) in [5.74, 6) is -0.489. The van der Waals surface area contributed by atoms with Crippen LogP contribution in [0.3, 0.4) is 0 Å². The lowest BCUT2D eigenvalue weighted by molar-refractivity contribution is -0.385. The third-order valence-electron chi connectivity index (χ3n) is 4.07. The molecule has 26 heavy (non-hydrogen) atoms. The van der Waals surface area contributed by atoms with Crippen molar-refractivity contribution in [1.82, 2.24) is 0 Å². The van der Waals surface area contributed by atoms with Crippen molar-refractivity contribution in [3.63, 3.8) is 0 Å². The Kier molecular flexibility index (Phi) is 6.63. The third-order valence-corrected chi connectivity index (χ3v) is 4.79. The quantitative estimate of drug-likeness (QED) is 0.428. The van der Waals surface area contributed by atoms with Gasteiger partial charge in [-0.15, -0.1) is 11.8 Å².